The first-order chi connectivity index (χ1) is 9.70. The first-order valence-corrected chi connectivity index (χ1v) is 8.50. The Bertz CT molecular complexity index is 564. The number of hydrogen-bond acceptors (Lipinski definition) is 3. The maximum atomic E-state index is 12.3. The van der Waals surface area contributed by atoms with Crippen molar-refractivity contribution in [3.8, 4) is 0 Å². The smallest absolute Gasteiger partial charge is 0.303 e. The molecule has 0 amide bonds. The van der Waals surface area contributed by atoms with Gasteiger partial charge >= 0.3 is 5.97 Å². The third-order valence-electron chi connectivity index (χ3n) is 3.12. The van der Waals surface area contributed by atoms with Gasteiger partial charge < -0.3 is 5.11 Å². The van der Waals surface area contributed by atoms with Gasteiger partial charge in [0.25, 0.3) is 0 Å². The number of rotatable bonds is 8. The Hall–Kier alpha value is -1.40. The normalized spacial score (nSPS) is 13.3. The lowest BCUT2D eigenvalue weighted by Crippen LogP contribution is -2.36. The Kier molecular flexibility index (Phi) is 6.36. The van der Waals surface area contributed by atoms with Gasteiger partial charge in [-0.05, 0) is 37.8 Å². The maximum Gasteiger partial charge on any atom is 0.303 e. The van der Waals surface area contributed by atoms with E-state index in [1.54, 1.807) is 24.3 Å². The summed E-state index contributed by atoms with van der Waals surface area (Å²) < 4.78 is 27.3. The number of benzene rings is 1. The van der Waals surface area contributed by atoms with Gasteiger partial charge in [-0.2, -0.15) is 0 Å². The lowest BCUT2D eigenvalue weighted by atomic mass is 10.0. The van der Waals surface area contributed by atoms with E-state index in [1.165, 1.54) is 0 Å². The molecule has 0 aliphatic heterocycles. The number of carboxylic acid groups (broad SMARTS) is 1. The van der Waals surface area contributed by atoms with Crippen molar-refractivity contribution in [2.75, 3.05) is 0 Å². The average molecular weight is 313 g/mol. The van der Waals surface area contributed by atoms with Crippen molar-refractivity contribution in [2.45, 2.75) is 51.0 Å². The Balaban J connectivity index is 2.84. The predicted octanol–water partition coefficient (Wildman–Crippen LogP) is 2.55. The number of sulfonamides is 1. The first kappa shape index (κ1) is 17.7. The van der Waals surface area contributed by atoms with Crippen molar-refractivity contribution in [2.24, 2.45) is 5.92 Å². The van der Waals surface area contributed by atoms with Crippen LogP contribution in [0.5, 0.6) is 0 Å². The van der Waals surface area contributed by atoms with Crippen molar-refractivity contribution in [1.29, 1.82) is 0 Å². The molecule has 6 heteroatoms. The fourth-order valence-corrected chi connectivity index (χ4v) is 3.38. The van der Waals surface area contributed by atoms with Crippen LogP contribution in [0.4, 0.5) is 0 Å². The minimum atomic E-state index is -3.61. The van der Waals surface area contributed by atoms with E-state index in [0.29, 0.717) is 12.8 Å². The second-order valence-electron chi connectivity index (χ2n) is 5.69. The highest BCUT2D eigenvalue weighted by molar-refractivity contribution is 7.89. The van der Waals surface area contributed by atoms with Gasteiger partial charge in [0.2, 0.25) is 10.0 Å². The van der Waals surface area contributed by atoms with Crippen LogP contribution in [-0.2, 0) is 14.8 Å². The summed E-state index contributed by atoms with van der Waals surface area (Å²) in [6, 6.07) is 6.22. The Morgan fingerprint density at radius 3 is 2.29 bits per heavy atom. The molecular formula is C15H23NO4S. The van der Waals surface area contributed by atoms with E-state index in [-0.39, 0.29) is 23.3 Å². The van der Waals surface area contributed by atoms with Crippen LogP contribution < -0.4 is 4.72 Å². The lowest BCUT2D eigenvalue weighted by molar-refractivity contribution is -0.137. The van der Waals surface area contributed by atoms with Crippen molar-refractivity contribution in [3.05, 3.63) is 29.8 Å². The van der Waals surface area contributed by atoms with Gasteiger partial charge in [0.05, 0.1) is 4.90 Å². The summed E-state index contributed by atoms with van der Waals surface area (Å²) >= 11 is 0. The van der Waals surface area contributed by atoms with Crippen molar-refractivity contribution < 1.29 is 18.3 Å². The van der Waals surface area contributed by atoms with Gasteiger partial charge in [-0.1, -0.05) is 31.5 Å². The average Bonchev–Trinajstić information content (AvgIpc) is 2.35. The summed E-state index contributed by atoms with van der Waals surface area (Å²) in [5, 5.41) is 8.77. The second-order valence-corrected chi connectivity index (χ2v) is 7.41. The van der Waals surface area contributed by atoms with E-state index in [1.807, 2.05) is 20.8 Å². The molecule has 1 atom stereocenters. The lowest BCUT2D eigenvalue weighted by Gasteiger charge is -2.20. The van der Waals surface area contributed by atoms with Gasteiger partial charge in [-0.3, -0.25) is 4.79 Å². The third kappa shape index (κ3) is 6.27. The van der Waals surface area contributed by atoms with E-state index in [9.17, 15) is 13.2 Å². The monoisotopic (exact) mass is 313 g/mol. The minimum Gasteiger partial charge on any atom is -0.481 e. The van der Waals surface area contributed by atoms with E-state index < -0.39 is 16.0 Å². The van der Waals surface area contributed by atoms with Gasteiger partial charge in [0, 0.05) is 12.5 Å². The highest BCUT2D eigenvalue weighted by atomic mass is 32.2. The van der Waals surface area contributed by atoms with Crippen LogP contribution in [-0.4, -0.2) is 25.5 Å². The summed E-state index contributed by atoms with van der Waals surface area (Å²) in [6.45, 7) is 5.85. The van der Waals surface area contributed by atoms with Crippen LogP contribution in [0.25, 0.3) is 0 Å². The van der Waals surface area contributed by atoms with E-state index in [4.69, 9.17) is 5.11 Å². The predicted molar refractivity (Wildman–Crippen MR) is 81.6 cm³/mol. The second kappa shape index (κ2) is 7.56. The standard InChI is InChI=1S/C15H23NO4S/c1-11(2)10-13(6-9-15(17)18)16-21(19,20)14-7-4-12(3)5-8-14/h4-5,7-8,11,13,16H,6,9-10H2,1-3H3,(H,17,18)/t13-/m0/s1. The van der Waals surface area contributed by atoms with E-state index >= 15 is 0 Å². The quantitative estimate of drug-likeness (QED) is 0.772. The number of aryl methyl sites for hydroxylation is 1. The minimum absolute atomic E-state index is 0.0478. The van der Waals surface area contributed by atoms with Gasteiger partial charge in [-0.15, -0.1) is 0 Å². The van der Waals surface area contributed by atoms with Crippen molar-refractivity contribution in [3.63, 3.8) is 0 Å². The summed E-state index contributed by atoms with van der Waals surface area (Å²) in [7, 11) is -3.61. The number of hydrogen-bond donors (Lipinski definition) is 2. The van der Waals surface area contributed by atoms with Crippen LogP contribution >= 0.6 is 0 Å². The zero-order valence-corrected chi connectivity index (χ0v) is 13.5. The van der Waals surface area contributed by atoms with Crippen LogP contribution in [0.3, 0.4) is 0 Å². The molecule has 118 valence electrons. The van der Waals surface area contributed by atoms with Crippen LogP contribution in [0.15, 0.2) is 29.2 Å². The highest BCUT2D eigenvalue weighted by Gasteiger charge is 2.21. The SMILES string of the molecule is Cc1ccc(S(=O)(=O)N[C@@H](CCC(=O)O)CC(C)C)cc1. The Morgan fingerprint density at radius 1 is 1.24 bits per heavy atom. The molecule has 2 N–H and O–H groups in total. The molecule has 0 aliphatic rings. The van der Waals surface area contributed by atoms with E-state index in [2.05, 4.69) is 4.72 Å². The molecule has 1 aromatic rings. The zero-order valence-electron chi connectivity index (χ0n) is 12.7. The molecule has 1 rings (SSSR count). The summed E-state index contributed by atoms with van der Waals surface area (Å²) in [4.78, 5) is 10.9. The molecule has 0 fully saturated rings. The number of aliphatic carboxylic acids is 1. The molecule has 21 heavy (non-hydrogen) atoms. The Morgan fingerprint density at radius 2 is 1.81 bits per heavy atom. The molecule has 0 aromatic heterocycles. The molecule has 0 unspecified atom stereocenters. The molecule has 0 saturated carbocycles. The summed E-state index contributed by atoms with van der Waals surface area (Å²) in [5.41, 5.74) is 0.985. The largest absolute Gasteiger partial charge is 0.481 e. The molecule has 5 nitrogen and oxygen atoms in total. The maximum absolute atomic E-state index is 12.3. The zero-order chi connectivity index (χ0) is 16.0. The van der Waals surface area contributed by atoms with Gasteiger partial charge in [0.1, 0.15) is 0 Å². The molecule has 0 heterocycles. The molecule has 0 radical (unpaired) electrons. The van der Waals surface area contributed by atoms with Crippen LogP contribution in [0, 0.1) is 12.8 Å². The Labute approximate surface area is 126 Å². The summed E-state index contributed by atoms with van der Waals surface area (Å²) in [5.74, 6) is -0.636. The topological polar surface area (TPSA) is 83.5 Å². The van der Waals surface area contributed by atoms with Gasteiger partial charge in [0.15, 0.2) is 0 Å². The molecule has 0 aliphatic carbocycles. The number of nitrogens with one attached hydrogen (secondary N) is 1. The highest BCUT2D eigenvalue weighted by Crippen LogP contribution is 2.15. The third-order valence-corrected chi connectivity index (χ3v) is 4.65. The number of carboxylic acids is 1. The molecule has 1 aromatic carbocycles. The van der Waals surface area contributed by atoms with Crippen LogP contribution in [0.2, 0.25) is 0 Å². The van der Waals surface area contributed by atoms with Gasteiger partial charge in [-0.25, -0.2) is 13.1 Å². The fourth-order valence-electron chi connectivity index (χ4n) is 2.10. The summed E-state index contributed by atoms with van der Waals surface area (Å²) in [6.07, 6.45) is 0.852. The first-order valence-electron chi connectivity index (χ1n) is 7.01. The molecule has 0 spiro atoms. The van der Waals surface area contributed by atoms with Crippen LogP contribution in [0.1, 0.15) is 38.7 Å². The molecular weight excluding hydrogens is 290 g/mol. The molecule has 0 saturated heterocycles. The fraction of sp³-hybridized carbons (Fsp3) is 0.533. The van der Waals surface area contributed by atoms with Crippen molar-refractivity contribution >= 4 is 16.0 Å². The molecule has 0 bridgehead atoms. The van der Waals surface area contributed by atoms with Crippen molar-refractivity contribution in [1.82, 2.24) is 4.72 Å². The van der Waals surface area contributed by atoms with E-state index in [0.717, 1.165) is 5.56 Å². The number of carbonyl (C=O) groups is 1.